The maximum atomic E-state index is 13.5. The lowest BCUT2D eigenvalue weighted by Crippen LogP contribution is -2.46. The molecule has 0 saturated heterocycles. The summed E-state index contributed by atoms with van der Waals surface area (Å²) in [6.45, 7) is 7.24. The lowest BCUT2D eigenvalue weighted by molar-refractivity contribution is -0.121. The molecule has 2 aromatic rings. The third kappa shape index (κ3) is 8.52. The number of nitrogens with zero attached hydrogens (tertiary/aromatic N) is 1. The molecule has 0 radical (unpaired) electrons. The second-order valence-electron chi connectivity index (χ2n) is 8.28. The minimum Gasteiger partial charge on any atom is -0.490 e. The predicted octanol–water partition coefficient (Wildman–Crippen LogP) is 4.08. The van der Waals surface area contributed by atoms with Crippen molar-refractivity contribution in [3.05, 3.63) is 53.8 Å². The Morgan fingerprint density at radius 1 is 1.09 bits per heavy atom. The van der Waals surface area contributed by atoms with E-state index in [1.165, 1.54) is 12.1 Å². The molecule has 0 aliphatic carbocycles. The van der Waals surface area contributed by atoms with Gasteiger partial charge >= 0.3 is 0 Å². The monoisotopic (exact) mass is 556 g/mol. The van der Waals surface area contributed by atoms with Crippen LogP contribution in [0.3, 0.4) is 0 Å². The first-order valence-electron chi connectivity index (χ1n) is 10.3. The van der Waals surface area contributed by atoms with Gasteiger partial charge in [0.15, 0.2) is 17.5 Å². The van der Waals surface area contributed by atoms with Crippen molar-refractivity contribution in [3.63, 3.8) is 0 Å². The van der Waals surface area contributed by atoms with Gasteiger partial charge in [0.2, 0.25) is 5.91 Å². The van der Waals surface area contributed by atoms with Crippen LogP contribution in [-0.4, -0.2) is 37.2 Å². The zero-order chi connectivity index (χ0) is 22.3. The van der Waals surface area contributed by atoms with Crippen molar-refractivity contribution >= 4 is 41.5 Å². The van der Waals surface area contributed by atoms with Crippen LogP contribution < -0.4 is 25.4 Å². The van der Waals surface area contributed by atoms with Gasteiger partial charge < -0.3 is 25.4 Å². The lowest BCUT2D eigenvalue weighted by atomic mass is 10.1. The number of hydrogen-bond donors (Lipinski definition) is 3. The van der Waals surface area contributed by atoms with E-state index in [9.17, 15) is 9.18 Å². The number of benzene rings is 2. The highest BCUT2D eigenvalue weighted by atomic mass is 127. The second kappa shape index (κ2) is 11.9. The molecular weight excluding hydrogens is 526 g/mol. The largest absolute Gasteiger partial charge is 0.490 e. The molecule has 1 amide bonds. The Balaban J connectivity index is 0.00000363. The van der Waals surface area contributed by atoms with E-state index >= 15 is 0 Å². The molecule has 174 valence electrons. The summed E-state index contributed by atoms with van der Waals surface area (Å²) < 4.78 is 24.9. The molecule has 7 nitrogen and oxygen atoms in total. The molecule has 3 N–H and O–H groups in total. The Morgan fingerprint density at radius 3 is 2.56 bits per heavy atom. The Hall–Kier alpha value is -2.56. The van der Waals surface area contributed by atoms with E-state index in [4.69, 9.17) is 9.47 Å². The minimum atomic E-state index is -0.334. The van der Waals surface area contributed by atoms with Crippen molar-refractivity contribution < 1.29 is 18.7 Å². The van der Waals surface area contributed by atoms with Crippen LogP contribution in [0.15, 0.2) is 47.5 Å². The zero-order valence-electron chi connectivity index (χ0n) is 18.5. The summed E-state index contributed by atoms with van der Waals surface area (Å²) in [5, 5.41) is 9.11. The van der Waals surface area contributed by atoms with E-state index in [2.05, 4.69) is 20.9 Å². The van der Waals surface area contributed by atoms with Crippen molar-refractivity contribution in [2.24, 2.45) is 4.99 Å². The van der Waals surface area contributed by atoms with Crippen molar-refractivity contribution in [1.29, 1.82) is 0 Å². The second-order valence-corrected chi connectivity index (χ2v) is 8.28. The SMILES string of the molecule is CC(C)(C)NC(=O)CNC(=NCc1cccc(F)c1)Nc1ccc2c(c1)OCCCO2.I. The smallest absolute Gasteiger partial charge is 0.239 e. The van der Waals surface area contributed by atoms with Crippen LogP contribution in [0.4, 0.5) is 10.1 Å². The van der Waals surface area contributed by atoms with Crippen LogP contribution in [0.5, 0.6) is 11.5 Å². The number of ether oxygens (including phenoxy) is 2. The number of anilines is 1. The molecule has 0 fully saturated rings. The van der Waals surface area contributed by atoms with Gasteiger partial charge in [0, 0.05) is 23.7 Å². The van der Waals surface area contributed by atoms with E-state index in [1.54, 1.807) is 12.1 Å². The number of hydrogen-bond acceptors (Lipinski definition) is 4. The molecule has 2 aromatic carbocycles. The van der Waals surface area contributed by atoms with E-state index in [0.717, 1.165) is 17.7 Å². The number of nitrogens with one attached hydrogen (secondary N) is 3. The van der Waals surface area contributed by atoms with Crippen molar-refractivity contribution in [2.45, 2.75) is 39.3 Å². The van der Waals surface area contributed by atoms with Gasteiger partial charge in [0.1, 0.15) is 5.82 Å². The van der Waals surface area contributed by atoms with Gasteiger partial charge in [-0.1, -0.05) is 12.1 Å². The predicted molar refractivity (Wildman–Crippen MR) is 135 cm³/mol. The average Bonchev–Trinajstić information content (AvgIpc) is 2.94. The lowest BCUT2D eigenvalue weighted by Gasteiger charge is -2.21. The Bertz CT molecular complexity index is 947. The number of amides is 1. The molecule has 0 saturated carbocycles. The van der Waals surface area contributed by atoms with Gasteiger partial charge in [-0.05, 0) is 50.6 Å². The molecule has 0 atom stereocenters. The topological polar surface area (TPSA) is 84.0 Å². The van der Waals surface area contributed by atoms with Gasteiger partial charge in [-0.25, -0.2) is 9.38 Å². The summed E-state index contributed by atoms with van der Waals surface area (Å²) in [4.78, 5) is 16.7. The van der Waals surface area contributed by atoms with Crippen LogP contribution >= 0.6 is 24.0 Å². The van der Waals surface area contributed by atoms with E-state index in [1.807, 2.05) is 39.0 Å². The summed E-state index contributed by atoms with van der Waals surface area (Å²) in [5.74, 6) is 1.26. The van der Waals surface area contributed by atoms with Gasteiger partial charge in [0.05, 0.1) is 26.3 Å². The number of fused-ring (bicyclic) bond motifs is 1. The third-order valence-electron chi connectivity index (χ3n) is 4.25. The first-order valence-corrected chi connectivity index (χ1v) is 10.3. The Morgan fingerprint density at radius 2 is 1.84 bits per heavy atom. The maximum absolute atomic E-state index is 13.5. The number of carbonyl (C=O) groups is 1. The molecule has 1 aliphatic rings. The normalized spacial score (nSPS) is 13.4. The highest BCUT2D eigenvalue weighted by Crippen LogP contribution is 2.32. The standard InChI is InChI=1S/C23H29FN4O3.HI/c1-23(2,3)28-21(29)15-26-22(25-14-16-6-4-7-17(24)12-16)27-18-8-9-19-20(13-18)31-11-5-10-30-19;/h4,6-9,12-13H,5,10-11,14-15H2,1-3H3,(H,28,29)(H2,25,26,27);1H. The minimum absolute atomic E-state index is 0. The molecule has 0 spiro atoms. The fourth-order valence-corrected chi connectivity index (χ4v) is 2.95. The molecule has 9 heteroatoms. The number of aliphatic imine (C=N–C) groups is 1. The van der Waals surface area contributed by atoms with Gasteiger partial charge in [-0.2, -0.15) is 0 Å². The van der Waals surface area contributed by atoms with Crippen LogP contribution in [0, 0.1) is 5.82 Å². The molecule has 3 rings (SSSR count). The first kappa shape index (κ1) is 25.7. The van der Waals surface area contributed by atoms with E-state index < -0.39 is 0 Å². The van der Waals surface area contributed by atoms with Crippen LogP contribution in [0.2, 0.25) is 0 Å². The fraction of sp³-hybridized carbons (Fsp3) is 0.391. The third-order valence-corrected chi connectivity index (χ3v) is 4.25. The number of carbonyl (C=O) groups excluding carboxylic acids is 1. The molecule has 0 bridgehead atoms. The van der Waals surface area contributed by atoms with E-state index in [-0.39, 0.29) is 54.3 Å². The molecule has 0 unspecified atom stereocenters. The highest BCUT2D eigenvalue weighted by molar-refractivity contribution is 14.0. The zero-order valence-corrected chi connectivity index (χ0v) is 20.9. The molecule has 32 heavy (non-hydrogen) atoms. The van der Waals surface area contributed by atoms with Gasteiger partial charge in [0.25, 0.3) is 0 Å². The summed E-state index contributed by atoms with van der Waals surface area (Å²) in [6, 6.07) is 11.8. The van der Waals surface area contributed by atoms with Crippen LogP contribution in [0.25, 0.3) is 0 Å². The van der Waals surface area contributed by atoms with Gasteiger partial charge in [-0.15, -0.1) is 24.0 Å². The number of guanidine groups is 1. The molecule has 1 heterocycles. The fourth-order valence-electron chi connectivity index (χ4n) is 2.95. The molecule has 0 aromatic heterocycles. The Kier molecular flexibility index (Phi) is 9.55. The number of rotatable bonds is 5. The maximum Gasteiger partial charge on any atom is 0.239 e. The first-order chi connectivity index (χ1) is 14.8. The van der Waals surface area contributed by atoms with Crippen molar-refractivity contribution in [2.75, 3.05) is 25.1 Å². The summed E-state index contributed by atoms with van der Waals surface area (Å²) in [7, 11) is 0. The van der Waals surface area contributed by atoms with Crippen molar-refractivity contribution in [1.82, 2.24) is 10.6 Å². The van der Waals surface area contributed by atoms with Crippen LogP contribution in [-0.2, 0) is 11.3 Å². The highest BCUT2D eigenvalue weighted by Gasteiger charge is 2.15. The van der Waals surface area contributed by atoms with E-state index in [0.29, 0.717) is 30.7 Å². The number of halogens is 2. The summed E-state index contributed by atoms with van der Waals surface area (Å²) >= 11 is 0. The van der Waals surface area contributed by atoms with Gasteiger partial charge in [-0.3, -0.25) is 4.79 Å². The average molecular weight is 556 g/mol. The quantitative estimate of drug-likeness (QED) is 0.294. The van der Waals surface area contributed by atoms with Crippen LogP contribution in [0.1, 0.15) is 32.8 Å². The molecule has 1 aliphatic heterocycles. The summed E-state index contributed by atoms with van der Waals surface area (Å²) in [5.41, 5.74) is 1.12. The summed E-state index contributed by atoms with van der Waals surface area (Å²) in [6.07, 6.45) is 0.822. The molecular formula is C23H30FIN4O3. The van der Waals surface area contributed by atoms with Crippen molar-refractivity contribution in [3.8, 4) is 11.5 Å². The Labute approximate surface area is 205 Å².